The quantitative estimate of drug-likeness (QED) is 0.267. The van der Waals surface area contributed by atoms with Crippen LogP contribution in [0, 0.1) is 11.6 Å². The minimum absolute atomic E-state index is 0.0932. The summed E-state index contributed by atoms with van der Waals surface area (Å²) >= 11 is 6.12. The fourth-order valence-electron chi connectivity index (χ4n) is 2.83. The highest BCUT2D eigenvalue weighted by molar-refractivity contribution is 6.33. The van der Waals surface area contributed by atoms with Gasteiger partial charge >= 0.3 is 6.18 Å². The second kappa shape index (κ2) is 9.82. The lowest BCUT2D eigenvalue weighted by Crippen LogP contribution is -2.34. The van der Waals surface area contributed by atoms with Crippen LogP contribution in [0.1, 0.15) is 20.3 Å². The van der Waals surface area contributed by atoms with Gasteiger partial charge in [-0.15, -0.1) is 0 Å². The summed E-state index contributed by atoms with van der Waals surface area (Å²) in [4.78, 5) is 7.66. The first-order valence-electron chi connectivity index (χ1n) is 9.55. The smallest absolute Gasteiger partial charge is 0.408 e. The molecule has 0 fully saturated rings. The zero-order valence-electron chi connectivity index (χ0n) is 17.0. The van der Waals surface area contributed by atoms with Gasteiger partial charge in [-0.25, -0.2) is 8.78 Å². The van der Waals surface area contributed by atoms with Gasteiger partial charge in [-0.3, -0.25) is 0 Å². The Morgan fingerprint density at radius 3 is 2.47 bits per heavy atom. The monoisotopic (exact) mass is 479 g/mol. The summed E-state index contributed by atoms with van der Waals surface area (Å²) in [6.45, 7) is 3.78. The van der Waals surface area contributed by atoms with E-state index in [1.54, 1.807) is 0 Å². The fraction of sp³-hybridized carbons (Fsp3) is 0.421. The molecule has 0 bridgehead atoms. The maximum Gasteiger partial charge on any atom is 0.408 e. The molecule has 3 aromatic rings. The minimum Gasteiger partial charge on any atom is -0.493 e. The van der Waals surface area contributed by atoms with Crippen molar-refractivity contribution in [1.29, 1.82) is 0 Å². The van der Waals surface area contributed by atoms with E-state index in [2.05, 4.69) is 20.4 Å². The number of alkyl halides is 3. The first-order chi connectivity index (χ1) is 15.1. The second-order valence-electron chi connectivity index (χ2n) is 6.67. The summed E-state index contributed by atoms with van der Waals surface area (Å²) in [6, 6.07) is -0.262. The van der Waals surface area contributed by atoms with Crippen LogP contribution in [0.15, 0.2) is 18.5 Å². The highest BCUT2D eigenvalue weighted by Gasteiger charge is 2.37. The number of nitrogens with one attached hydrogen (secondary N) is 1. The third kappa shape index (κ3) is 5.18. The van der Waals surface area contributed by atoms with Gasteiger partial charge in [0.15, 0.2) is 0 Å². The molecule has 0 aliphatic carbocycles. The lowest BCUT2D eigenvalue weighted by atomic mass is 10.1. The Morgan fingerprint density at radius 1 is 1.16 bits per heavy atom. The van der Waals surface area contributed by atoms with Crippen molar-refractivity contribution in [3.63, 3.8) is 0 Å². The van der Waals surface area contributed by atoms with Crippen LogP contribution in [0.25, 0.3) is 16.9 Å². The van der Waals surface area contributed by atoms with E-state index < -0.39 is 46.0 Å². The molecule has 0 saturated heterocycles. The Morgan fingerprint density at radius 2 is 1.84 bits per heavy atom. The third-order valence-corrected chi connectivity index (χ3v) is 4.67. The topological polar surface area (TPSA) is 73.6 Å². The van der Waals surface area contributed by atoms with E-state index in [-0.39, 0.29) is 18.1 Å². The van der Waals surface area contributed by atoms with Gasteiger partial charge in [0, 0.05) is 31.8 Å². The van der Waals surface area contributed by atoms with E-state index >= 15 is 0 Å². The van der Waals surface area contributed by atoms with Crippen molar-refractivity contribution >= 4 is 23.2 Å². The second-order valence-corrected chi connectivity index (χ2v) is 7.02. The van der Waals surface area contributed by atoms with E-state index in [4.69, 9.17) is 21.1 Å². The van der Waals surface area contributed by atoms with E-state index in [1.165, 1.54) is 0 Å². The first kappa shape index (κ1) is 23.9. The van der Waals surface area contributed by atoms with Crippen molar-refractivity contribution < 1.29 is 31.4 Å². The van der Waals surface area contributed by atoms with Gasteiger partial charge in [-0.1, -0.05) is 11.6 Å². The van der Waals surface area contributed by atoms with Crippen LogP contribution in [0.4, 0.5) is 27.8 Å². The number of halogens is 6. The average molecular weight is 480 g/mol. The molecule has 2 heterocycles. The Bertz CT molecular complexity index is 1070. The molecule has 32 heavy (non-hydrogen) atoms. The van der Waals surface area contributed by atoms with Gasteiger partial charge in [0.25, 0.3) is 5.78 Å². The maximum atomic E-state index is 15.0. The number of fused-ring (bicyclic) bond motifs is 1. The number of benzene rings is 1. The van der Waals surface area contributed by atoms with Crippen LogP contribution in [0.5, 0.6) is 5.75 Å². The molecular formula is C19H19ClF5N5O2. The fourth-order valence-corrected chi connectivity index (χ4v) is 3.09. The van der Waals surface area contributed by atoms with Gasteiger partial charge in [-0.05, 0) is 13.8 Å². The SMILES string of the molecule is CCOCCCOc1cc(F)c(-c2c(Cl)nc3ncnn3c2N[C@@H](C)C(F)(F)F)c(F)c1. The predicted molar refractivity (Wildman–Crippen MR) is 107 cm³/mol. The van der Waals surface area contributed by atoms with Gasteiger partial charge in [-0.2, -0.15) is 32.8 Å². The van der Waals surface area contributed by atoms with Crippen LogP contribution < -0.4 is 10.1 Å². The number of hydrogen-bond acceptors (Lipinski definition) is 6. The number of ether oxygens (including phenoxy) is 2. The van der Waals surface area contributed by atoms with E-state index in [9.17, 15) is 22.0 Å². The molecule has 174 valence electrons. The van der Waals surface area contributed by atoms with Crippen LogP contribution in [-0.4, -0.2) is 51.6 Å². The number of aromatic nitrogens is 4. The molecule has 3 rings (SSSR count). The van der Waals surface area contributed by atoms with Crippen LogP contribution >= 0.6 is 11.6 Å². The molecule has 13 heteroatoms. The number of rotatable bonds is 9. The minimum atomic E-state index is -4.66. The van der Waals surface area contributed by atoms with Crippen LogP contribution in [0.2, 0.25) is 5.15 Å². The molecular weight excluding hydrogens is 461 g/mol. The van der Waals surface area contributed by atoms with E-state index in [1.807, 2.05) is 6.92 Å². The molecule has 7 nitrogen and oxygen atoms in total. The molecule has 1 aromatic carbocycles. The Hall–Kier alpha value is -2.73. The zero-order chi connectivity index (χ0) is 23.5. The largest absolute Gasteiger partial charge is 0.493 e. The first-order valence-corrected chi connectivity index (χ1v) is 9.93. The summed E-state index contributed by atoms with van der Waals surface area (Å²) in [5, 5.41) is 5.52. The molecule has 0 unspecified atom stereocenters. The summed E-state index contributed by atoms with van der Waals surface area (Å²) < 4.78 is 80.8. The van der Waals surface area contributed by atoms with Crippen molar-refractivity contribution in [3.05, 3.63) is 35.2 Å². The van der Waals surface area contributed by atoms with Crippen LogP contribution in [-0.2, 0) is 4.74 Å². The lowest BCUT2D eigenvalue weighted by molar-refractivity contribution is -0.138. The predicted octanol–water partition coefficient (Wildman–Crippen LogP) is 4.89. The molecule has 0 spiro atoms. The number of hydrogen-bond donors (Lipinski definition) is 1. The molecule has 0 aliphatic heterocycles. The molecule has 0 saturated carbocycles. The standard InChI is InChI=1S/C19H19ClF5N5O2/c1-3-31-5-4-6-32-11-7-12(21)14(13(22)8-11)15-16(20)29-18-26-9-27-30(18)17(15)28-10(2)19(23,24)25/h7-10,28H,3-6H2,1-2H3/t10-/m0/s1. The van der Waals surface area contributed by atoms with Gasteiger partial charge in [0.05, 0.1) is 17.7 Å². The average Bonchev–Trinajstić information content (AvgIpc) is 3.16. The number of nitrogens with zero attached hydrogens (tertiary/aromatic N) is 4. The molecule has 1 N–H and O–H groups in total. The highest BCUT2D eigenvalue weighted by Crippen LogP contribution is 2.39. The van der Waals surface area contributed by atoms with E-state index in [0.29, 0.717) is 19.6 Å². The van der Waals surface area contributed by atoms with Crippen molar-refractivity contribution in [2.45, 2.75) is 32.5 Å². The van der Waals surface area contributed by atoms with Crippen molar-refractivity contribution in [2.24, 2.45) is 0 Å². The summed E-state index contributed by atoms with van der Waals surface area (Å²) in [5.74, 6) is -2.85. The third-order valence-electron chi connectivity index (χ3n) is 4.40. The molecule has 2 aromatic heterocycles. The lowest BCUT2D eigenvalue weighted by Gasteiger charge is -2.21. The Balaban J connectivity index is 2.03. The van der Waals surface area contributed by atoms with Crippen molar-refractivity contribution in [3.8, 4) is 16.9 Å². The summed E-state index contributed by atoms with van der Waals surface area (Å²) in [5.41, 5.74) is -1.11. The Kier molecular flexibility index (Phi) is 7.34. The number of anilines is 1. The summed E-state index contributed by atoms with van der Waals surface area (Å²) in [7, 11) is 0. The molecule has 1 atom stereocenters. The normalized spacial score (nSPS) is 12.9. The van der Waals surface area contributed by atoms with Gasteiger partial charge < -0.3 is 14.8 Å². The Labute approximate surface area is 184 Å². The highest BCUT2D eigenvalue weighted by atomic mass is 35.5. The molecule has 0 amide bonds. The van der Waals surface area contributed by atoms with Crippen molar-refractivity contribution in [1.82, 2.24) is 19.6 Å². The summed E-state index contributed by atoms with van der Waals surface area (Å²) in [6.07, 6.45) is -3.13. The van der Waals surface area contributed by atoms with Crippen LogP contribution in [0.3, 0.4) is 0 Å². The van der Waals surface area contributed by atoms with Crippen molar-refractivity contribution in [2.75, 3.05) is 25.1 Å². The zero-order valence-corrected chi connectivity index (χ0v) is 17.8. The van der Waals surface area contributed by atoms with Gasteiger partial charge in [0.2, 0.25) is 0 Å². The molecule has 0 aliphatic rings. The maximum absolute atomic E-state index is 15.0. The molecule has 0 radical (unpaired) electrons. The van der Waals surface area contributed by atoms with E-state index in [0.717, 1.165) is 29.9 Å². The van der Waals surface area contributed by atoms with Gasteiger partial charge in [0.1, 0.15) is 40.7 Å².